The zero-order valence-corrected chi connectivity index (χ0v) is 17.2. The molecule has 0 bridgehead atoms. The molecule has 1 saturated heterocycles. The first-order valence-corrected chi connectivity index (χ1v) is 11.1. The van der Waals surface area contributed by atoms with Crippen LogP contribution in [0, 0.1) is 5.92 Å². The van der Waals surface area contributed by atoms with Gasteiger partial charge in [-0.2, -0.15) is 4.31 Å². The summed E-state index contributed by atoms with van der Waals surface area (Å²) in [6.45, 7) is 7.05. The molecule has 0 saturated carbocycles. The van der Waals surface area contributed by atoms with Crippen LogP contribution in [0.3, 0.4) is 0 Å². The Hall–Kier alpha value is -1.64. The SMILES string of the molecule is CCOc1ccc(NC(=O)C(N)C(C)CC)cc1S(=O)(=O)N1CCCCC1. The lowest BCUT2D eigenvalue weighted by Crippen LogP contribution is -2.40. The van der Waals surface area contributed by atoms with Gasteiger partial charge in [0.2, 0.25) is 15.9 Å². The minimum Gasteiger partial charge on any atom is -0.492 e. The number of rotatable bonds is 8. The number of hydrogen-bond acceptors (Lipinski definition) is 5. The van der Waals surface area contributed by atoms with Crippen LogP contribution in [-0.2, 0) is 14.8 Å². The highest BCUT2D eigenvalue weighted by molar-refractivity contribution is 7.89. The van der Waals surface area contributed by atoms with Crippen molar-refractivity contribution in [3.05, 3.63) is 18.2 Å². The van der Waals surface area contributed by atoms with E-state index in [4.69, 9.17) is 10.5 Å². The van der Waals surface area contributed by atoms with Crippen LogP contribution < -0.4 is 15.8 Å². The minimum absolute atomic E-state index is 0.0317. The number of hydrogen-bond donors (Lipinski definition) is 2. The number of ether oxygens (including phenoxy) is 1. The Bertz CT molecular complexity index is 745. The van der Waals surface area contributed by atoms with E-state index in [2.05, 4.69) is 5.32 Å². The normalized spacial score (nSPS) is 17.9. The number of piperidine rings is 1. The molecule has 2 unspecified atom stereocenters. The maximum Gasteiger partial charge on any atom is 0.246 e. The molecule has 1 aromatic rings. The van der Waals surface area contributed by atoms with Crippen LogP contribution in [0.4, 0.5) is 5.69 Å². The van der Waals surface area contributed by atoms with Gasteiger partial charge in [0, 0.05) is 18.8 Å². The molecule has 8 heteroatoms. The second-order valence-electron chi connectivity index (χ2n) is 6.96. The molecule has 1 aliphatic rings. The lowest BCUT2D eigenvalue weighted by molar-refractivity contribution is -0.118. The zero-order chi connectivity index (χ0) is 20.0. The second kappa shape index (κ2) is 9.52. The third-order valence-corrected chi connectivity index (χ3v) is 6.92. The lowest BCUT2D eigenvalue weighted by atomic mass is 9.99. The summed E-state index contributed by atoms with van der Waals surface area (Å²) >= 11 is 0. The number of sulfonamides is 1. The summed E-state index contributed by atoms with van der Waals surface area (Å²) in [4.78, 5) is 12.4. The van der Waals surface area contributed by atoms with Gasteiger partial charge in [-0.1, -0.05) is 26.7 Å². The number of anilines is 1. The largest absolute Gasteiger partial charge is 0.492 e. The molecule has 1 fully saturated rings. The topological polar surface area (TPSA) is 102 Å². The molecule has 1 aromatic carbocycles. The first-order chi connectivity index (χ1) is 12.8. The molecule has 0 radical (unpaired) electrons. The Morgan fingerprint density at radius 1 is 1.26 bits per heavy atom. The maximum absolute atomic E-state index is 13.1. The molecule has 7 nitrogen and oxygen atoms in total. The fourth-order valence-corrected chi connectivity index (χ4v) is 4.72. The fourth-order valence-electron chi connectivity index (χ4n) is 3.04. The van der Waals surface area contributed by atoms with Gasteiger partial charge in [-0.05, 0) is 43.9 Å². The van der Waals surface area contributed by atoms with Gasteiger partial charge in [-0.3, -0.25) is 4.79 Å². The van der Waals surface area contributed by atoms with E-state index in [1.54, 1.807) is 19.1 Å². The van der Waals surface area contributed by atoms with E-state index < -0.39 is 16.1 Å². The predicted octanol–water partition coefficient (Wildman–Crippen LogP) is 2.57. The Kier molecular flexibility index (Phi) is 7.64. The van der Waals surface area contributed by atoms with Crippen molar-refractivity contribution in [3.63, 3.8) is 0 Å². The third kappa shape index (κ3) is 5.21. The summed E-state index contributed by atoms with van der Waals surface area (Å²) in [6, 6.07) is 4.05. The van der Waals surface area contributed by atoms with E-state index in [0.29, 0.717) is 31.1 Å². The fraction of sp³-hybridized carbons (Fsp3) is 0.632. The summed E-state index contributed by atoms with van der Waals surface area (Å²) in [6.07, 6.45) is 3.52. The minimum atomic E-state index is -3.69. The van der Waals surface area contributed by atoms with Crippen LogP contribution in [0.15, 0.2) is 23.1 Å². The van der Waals surface area contributed by atoms with Crippen molar-refractivity contribution in [2.75, 3.05) is 25.0 Å². The quantitative estimate of drug-likeness (QED) is 0.702. The Balaban J connectivity index is 2.32. The van der Waals surface area contributed by atoms with Crippen molar-refractivity contribution in [1.29, 1.82) is 0 Å². The molecule has 1 heterocycles. The molecule has 152 valence electrons. The zero-order valence-electron chi connectivity index (χ0n) is 16.4. The van der Waals surface area contributed by atoms with Gasteiger partial charge in [-0.25, -0.2) is 8.42 Å². The number of amides is 1. The highest BCUT2D eigenvalue weighted by atomic mass is 32.2. The molecule has 1 amide bonds. The highest BCUT2D eigenvalue weighted by Crippen LogP contribution is 2.31. The molecule has 0 aliphatic carbocycles. The maximum atomic E-state index is 13.1. The van der Waals surface area contributed by atoms with Crippen LogP contribution in [0.25, 0.3) is 0 Å². The van der Waals surface area contributed by atoms with Crippen LogP contribution in [-0.4, -0.2) is 44.4 Å². The van der Waals surface area contributed by atoms with Crippen molar-refractivity contribution in [1.82, 2.24) is 4.31 Å². The van der Waals surface area contributed by atoms with Gasteiger partial charge in [0.15, 0.2) is 0 Å². The van der Waals surface area contributed by atoms with E-state index in [1.807, 2.05) is 13.8 Å². The standard InChI is InChI=1S/C19H31N3O4S/c1-4-14(3)18(20)19(23)21-15-9-10-16(26-5-2)17(13-15)27(24,25)22-11-7-6-8-12-22/h9-10,13-14,18H,4-8,11-12,20H2,1-3H3,(H,21,23). The van der Waals surface area contributed by atoms with Crippen molar-refractivity contribution < 1.29 is 17.9 Å². The number of nitrogens with two attached hydrogens (primary N) is 1. The Morgan fingerprint density at radius 3 is 2.52 bits per heavy atom. The molecule has 3 N–H and O–H groups in total. The lowest BCUT2D eigenvalue weighted by Gasteiger charge is -2.27. The van der Waals surface area contributed by atoms with Crippen molar-refractivity contribution in [3.8, 4) is 5.75 Å². The average Bonchev–Trinajstić information content (AvgIpc) is 2.68. The molecular weight excluding hydrogens is 366 g/mol. The van der Waals surface area contributed by atoms with E-state index in [0.717, 1.165) is 25.7 Å². The first kappa shape index (κ1) is 21.7. The number of carbonyl (C=O) groups excluding carboxylic acids is 1. The van der Waals surface area contributed by atoms with Crippen LogP contribution in [0.2, 0.25) is 0 Å². The molecule has 2 rings (SSSR count). The summed E-state index contributed by atoms with van der Waals surface area (Å²) in [7, 11) is -3.69. The summed E-state index contributed by atoms with van der Waals surface area (Å²) < 4.78 is 33.3. The van der Waals surface area contributed by atoms with Gasteiger partial charge >= 0.3 is 0 Å². The van der Waals surface area contributed by atoms with Crippen LogP contribution >= 0.6 is 0 Å². The van der Waals surface area contributed by atoms with Crippen LogP contribution in [0.1, 0.15) is 46.5 Å². The number of nitrogens with zero attached hydrogens (tertiary/aromatic N) is 1. The third-order valence-electron chi connectivity index (χ3n) is 5.00. The van der Waals surface area contributed by atoms with E-state index >= 15 is 0 Å². The van der Waals surface area contributed by atoms with Gasteiger partial charge in [-0.15, -0.1) is 0 Å². The van der Waals surface area contributed by atoms with Crippen molar-refractivity contribution in [2.45, 2.75) is 57.4 Å². The monoisotopic (exact) mass is 397 g/mol. The molecule has 1 aliphatic heterocycles. The van der Waals surface area contributed by atoms with Gasteiger partial charge in [0.05, 0.1) is 12.6 Å². The number of carbonyl (C=O) groups is 1. The van der Waals surface area contributed by atoms with Crippen molar-refractivity contribution >= 4 is 21.6 Å². The number of nitrogens with one attached hydrogen (secondary N) is 1. The predicted molar refractivity (Wildman–Crippen MR) is 106 cm³/mol. The van der Waals surface area contributed by atoms with Crippen molar-refractivity contribution in [2.24, 2.45) is 11.7 Å². The second-order valence-corrected chi connectivity index (χ2v) is 8.87. The summed E-state index contributed by atoms with van der Waals surface area (Å²) in [5.41, 5.74) is 6.37. The summed E-state index contributed by atoms with van der Waals surface area (Å²) in [5, 5.41) is 2.74. The van der Waals surface area contributed by atoms with E-state index in [9.17, 15) is 13.2 Å². The Labute approximate surface area is 162 Å². The molecule has 2 atom stereocenters. The van der Waals surface area contributed by atoms with E-state index in [1.165, 1.54) is 10.4 Å². The molecule has 27 heavy (non-hydrogen) atoms. The van der Waals surface area contributed by atoms with E-state index in [-0.39, 0.29) is 16.7 Å². The molecule has 0 spiro atoms. The smallest absolute Gasteiger partial charge is 0.246 e. The van der Waals surface area contributed by atoms with Gasteiger partial charge in [0.25, 0.3) is 0 Å². The average molecular weight is 398 g/mol. The van der Waals surface area contributed by atoms with Crippen LogP contribution in [0.5, 0.6) is 5.75 Å². The van der Waals surface area contributed by atoms with Gasteiger partial charge in [0.1, 0.15) is 10.6 Å². The van der Waals surface area contributed by atoms with Gasteiger partial charge < -0.3 is 15.8 Å². The number of benzene rings is 1. The highest BCUT2D eigenvalue weighted by Gasteiger charge is 2.29. The molecular formula is C19H31N3O4S. The Morgan fingerprint density at radius 2 is 1.93 bits per heavy atom. The summed E-state index contributed by atoms with van der Waals surface area (Å²) in [5.74, 6) is 0.00591. The first-order valence-electron chi connectivity index (χ1n) is 9.64. The molecule has 0 aromatic heterocycles.